The summed E-state index contributed by atoms with van der Waals surface area (Å²) in [6, 6.07) is 8.84. The van der Waals surface area contributed by atoms with Crippen LogP contribution in [0.1, 0.15) is 16.7 Å². The van der Waals surface area contributed by atoms with E-state index in [2.05, 4.69) is 15.8 Å². The Balaban J connectivity index is 1.91. The molecular weight excluding hydrogens is 349 g/mol. The Labute approximate surface area is 150 Å². The molecule has 0 atom stereocenters. The normalized spacial score (nSPS) is 10.8. The van der Waals surface area contributed by atoms with Gasteiger partial charge in [-0.1, -0.05) is 40.9 Å². The van der Waals surface area contributed by atoms with Crippen LogP contribution < -0.4 is 10.7 Å². The Morgan fingerprint density at radius 3 is 2.71 bits per heavy atom. The lowest BCUT2D eigenvalue weighted by molar-refractivity contribution is -0.119. The van der Waals surface area contributed by atoms with Crippen molar-refractivity contribution in [3.63, 3.8) is 0 Å². The minimum absolute atomic E-state index is 0.0729. The van der Waals surface area contributed by atoms with Crippen LogP contribution in [-0.2, 0) is 4.79 Å². The van der Waals surface area contributed by atoms with Crippen LogP contribution >= 0.6 is 23.2 Å². The van der Waals surface area contributed by atoms with Crippen molar-refractivity contribution in [1.82, 2.24) is 5.43 Å². The van der Waals surface area contributed by atoms with E-state index in [9.17, 15) is 9.90 Å². The first-order valence-electron chi connectivity index (χ1n) is 7.18. The first kappa shape index (κ1) is 18.1. The van der Waals surface area contributed by atoms with Crippen molar-refractivity contribution in [3.8, 4) is 5.75 Å². The van der Waals surface area contributed by atoms with Crippen molar-refractivity contribution in [2.75, 3.05) is 11.9 Å². The largest absolute Gasteiger partial charge is 0.506 e. The molecule has 0 saturated carbocycles. The Morgan fingerprint density at radius 2 is 2.00 bits per heavy atom. The highest BCUT2D eigenvalue weighted by molar-refractivity contribution is 6.36. The predicted octanol–water partition coefficient (Wildman–Crippen LogP) is 3.88. The van der Waals surface area contributed by atoms with Crippen LogP contribution in [0.3, 0.4) is 0 Å². The number of hydrogen-bond donors (Lipinski definition) is 3. The third kappa shape index (κ3) is 4.88. The van der Waals surface area contributed by atoms with Gasteiger partial charge in [-0.05, 0) is 37.6 Å². The van der Waals surface area contributed by atoms with Crippen molar-refractivity contribution in [1.29, 1.82) is 0 Å². The Morgan fingerprint density at radius 1 is 1.25 bits per heavy atom. The van der Waals surface area contributed by atoms with Gasteiger partial charge >= 0.3 is 0 Å². The third-order valence-electron chi connectivity index (χ3n) is 3.27. The number of halogens is 2. The fraction of sp³-hybridized carbons (Fsp3) is 0.176. The third-order valence-corrected chi connectivity index (χ3v) is 3.78. The molecule has 24 heavy (non-hydrogen) atoms. The highest BCUT2D eigenvalue weighted by atomic mass is 35.5. The molecule has 0 spiro atoms. The number of amides is 1. The predicted molar refractivity (Wildman–Crippen MR) is 98.3 cm³/mol. The number of phenolic OH excluding ortho intramolecular Hbond substituents is 1. The number of anilines is 1. The Kier molecular flexibility index (Phi) is 6.06. The first-order valence-corrected chi connectivity index (χ1v) is 7.93. The monoisotopic (exact) mass is 365 g/mol. The molecular formula is C17H17Cl2N3O2. The van der Waals surface area contributed by atoms with Gasteiger partial charge in [0, 0.05) is 16.3 Å². The number of nitrogens with one attached hydrogen (secondary N) is 2. The SMILES string of the molecule is Cc1ccc(NCC(=O)NN=Cc2cc(Cl)cc(Cl)c2O)c(C)c1. The molecule has 0 fully saturated rings. The number of aromatic hydroxyl groups is 1. The van der Waals surface area contributed by atoms with Crippen molar-refractivity contribution in [2.45, 2.75) is 13.8 Å². The fourth-order valence-corrected chi connectivity index (χ4v) is 2.59. The molecule has 0 unspecified atom stereocenters. The zero-order valence-corrected chi connectivity index (χ0v) is 14.7. The number of carbonyl (C=O) groups excluding carboxylic acids is 1. The number of phenols is 1. The number of rotatable bonds is 5. The lowest BCUT2D eigenvalue weighted by Crippen LogP contribution is -2.26. The lowest BCUT2D eigenvalue weighted by atomic mass is 10.1. The van der Waals surface area contributed by atoms with Gasteiger partial charge in [-0.3, -0.25) is 4.79 Å². The summed E-state index contributed by atoms with van der Waals surface area (Å²) in [6.45, 7) is 4.05. The summed E-state index contributed by atoms with van der Waals surface area (Å²) in [4.78, 5) is 11.8. The second-order valence-electron chi connectivity index (χ2n) is 5.29. The molecule has 0 aliphatic rings. The first-order chi connectivity index (χ1) is 11.4. The van der Waals surface area contributed by atoms with Crippen LogP contribution in [0.25, 0.3) is 0 Å². The van der Waals surface area contributed by atoms with E-state index < -0.39 is 0 Å². The number of benzene rings is 2. The van der Waals surface area contributed by atoms with E-state index in [1.54, 1.807) is 0 Å². The molecule has 1 amide bonds. The van der Waals surface area contributed by atoms with Crippen LogP contribution in [0.15, 0.2) is 35.4 Å². The van der Waals surface area contributed by atoms with Gasteiger partial charge in [0.15, 0.2) is 0 Å². The second-order valence-corrected chi connectivity index (χ2v) is 6.13. The smallest absolute Gasteiger partial charge is 0.259 e. The highest BCUT2D eigenvalue weighted by Crippen LogP contribution is 2.29. The maximum atomic E-state index is 11.8. The van der Waals surface area contributed by atoms with E-state index in [0.717, 1.165) is 16.8 Å². The summed E-state index contributed by atoms with van der Waals surface area (Å²) in [5, 5.41) is 17.1. The van der Waals surface area contributed by atoms with Gasteiger partial charge in [0.05, 0.1) is 17.8 Å². The van der Waals surface area contributed by atoms with Crippen molar-refractivity contribution >= 4 is 41.0 Å². The molecule has 5 nitrogen and oxygen atoms in total. The van der Waals surface area contributed by atoms with E-state index in [0.29, 0.717) is 10.6 Å². The maximum absolute atomic E-state index is 11.8. The number of carbonyl (C=O) groups is 1. The molecule has 126 valence electrons. The zero-order chi connectivity index (χ0) is 17.7. The number of aryl methyl sites for hydroxylation is 2. The molecule has 0 bridgehead atoms. The summed E-state index contributed by atoms with van der Waals surface area (Å²) >= 11 is 11.7. The van der Waals surface area contributed by atoms with Crippen LogP contribution in [0, 0.1) is 13.8 Å². The molecule has 0 aliphatic carbocycles. The van der Waals surface area contributed by atoms with Crippen LogP contribution in [0.2, 0.25) is 10.0 Å². The minimum Gasteiger partial charge on any atom is -0.506 e. The van der Waals surface area contributed by atoms with Crippen molar-refractivity contribution in [2.24, 2.45) is 5.10 Å². The molecule has 3 N–H and O–H groups in total. The summed E-state index contributed by atoms with van der Waals surface area (Å²) in [7, 11) is 0. The van der Waals surface area contributed by atoms with Crippen LogP contribution in [0.5, 0.6) is 5.75 Å². The topological polar surface area (TPSA) is 73.7 Å². The summed E-state index contributed by atoms with van der Waals surface area (Å²) < 4.78 is 0. The van der Waals surface area contributed by atoms with Gasteiger partial charge in [0.2, 0.25) is 0 Å². The van der Waals surface area contributed by atoms with E-state index in [1.807, 2.05) is 32.0 Å². The molecule has 0 heterocycles. The van der Waals surface area contributed by atoms with E-state index in [-0.39, 0.29) is 23.2 Å². The van der Waals surface area contributed by atoms with Gasteiger partial charge in [0.1, 0.15) is 5.75 Å². The maximum Gasteiger partial charge on any atom is 0.259 e. The van der Waals surface area contributed by atoms with Crippen LogP contribution in [0.4, 0.5) is 5.69 Å². The molecule has 2 aromatic rings. The molecule has 0 aromatic heterocycles. The van der Waals surface area contributed by atoms with Crippen LogP contribution in [-0.4, -0.2) is 23.8 Å². The number of nitrogens with zero attached hydrogens (tertiary/aromatic N) is 1. The number of hydrazone groups is 1. The highest BCUT2D eigenvalue weighted by Gasteiger charge is 2.06. The number of hydrogen-bond acceptors (Lipinski definition) is 4. The molecule has 2 aromatic carbocycles. The van der Waals surface area contributed by atoms with Crippen molar-refractivity contribution in [3.05, 3.63) is 57.1 Å². The standard InChI is InChI=1S/C17H17Cl2N3O2/c1-10-3-4-15(11(2)5-10)20-9-16(23)22-21-8-12-6-13(18)7-14(19)17(12)24/h3-8,20,24H,9H2,1-2H3,(H,22,23). The fourth-order valence-electron chi connectivity index (χ4n) is 2.09. The molecule has 0 aliphatic heterocycles. The van der Waals surface area contributed by atoms with E-state index in [4.69, 9.17) is 23.2 Å². The summed E-state index contributed by atoms with van der Waals surface area (Å²) in [5.41, 5.74) is 5.79. The second kappa shape index (κ2) is 8.04. The van der Waals surface area contributed by atoms with E-state index in [1.165, 1.54) is 18.3 Å². The van der Waals surface area contributed by atoms with Gasteiger partial charge in [-0.2, -0.15) is 5.10 Å². The van der Waals surface area contributed by atoms with Gasteiger partial charge < -0.3 is 10.4 Å². The van der Waals surface area contributed by atoms with Gasteiger partial charge in [0.25, 0.3) is 5.91 Å². The molecule has 0 radical (unpaired) electrons. The lowest BCUT2D eigenvalue weighted by Gasteiger charge is -2.09. The molecule has 2 rings (SSSR count). The molecule has 7 heteroatoms. The minimum atomic E-state index is -0.321. The average molecular weight is 366 g/mol. The van der Waals surface area contributed by atoms with Gasteiger partial charge in [-0.25, -0.2) is 5.43 Å². The van der Waals surface area contributed by atoms with Crippen molar-refractivity contribution < 1.29 is 9.90 Å². The zero-order valence-electron chi connectivity index (χ0n) is 13.2. The Bertz CT molecular complexity index is 792. The summed E-state index contributed by atoms with van der Waals surface area (Å²) in [5.74, 6) is -0.466. The molecule has 0 saturated heterocycles. The Hall–Kier alpha value is -2.24. The quantitative estimate of drug-likeness (QED) is 0.555. The average Bonchev–Trinajstić information content (AvgIpc) is 2.51. The van der Waals surface area contributed by atoms with Gasteiger partial charge in [-0.15, -0.1) is 0 Å². The summed E-state index contributed by atoms with van der Waals surface area (Å²) in [6.07, 6.45) is 1.28. The van der Waals surface area contributed by atoms with E-state index >= 15 is 0 Å².